The smallest absolute Gasteiger partial charge is 0.324 e. The minimum atomic E-state index is -4.69. The first kappa shape index (κ1) is 23.6. The SMILES string of the molecule is Cc1ccc(S(=O)(=O)N(CC(=O)Nc2ccccc2C(F)(F)F)c2cccc(Cl)c2)cc1. The molecular formula is C22H18ClF3N2O3S. The Morgan fingerprint density at radius 1 is 1.00 bits per heavy atom. The van der Waals surface area contributed by atoms with Crippen LogP contribution in [0.5, 0.6) is 0 Å². The van der Waals surface area contributed by atoms with Gasteiger partial charge in [0.05, 0.1) is 21.8 Å². The van der Waals surface area contributed by atoms with Crippen LogP contribution >= 0.6 is 11.6 Å². The quantitative estimate of drug-likeness (QED) is 0.504. The number of nitrogens with zero attached hydrogens (tertiary/aromatic N) is 1. The van der Waals surface area contributed by atoms with Gasteiger partial charge in [-0.05, 0) is 49.4 Å². The predicted molar refractivity (Wildman–Crippen MR) is 117 cm³/mol. The van der Waals surface area contributed by atoms with E-state index in [9.17, 15) is 26.4 Å². The van der Waals surface area contributed by atoms with Crippen molar-refractivity contribution in [3.05, 3.63) is 88.9 Å². The fraction of sp³-hybridized carbons (Fsp3) is 0.136. The molecule has 0 saturated carbocycles. The van der Waals surface area contributed by atoms with Gasteiger partial charge in [0.15, 0.2) is 0 Å². The van der Waals surface area contributed by atoms with Gasteiger partial charge >= 0.3 is 6.18 Å². The number of aryl methyl sites for hydroxylation is 1. The number of benzene rings is 3. The number of hydrogen-bond acceptors (Lipinski definition) is 3. The highest BCUT2D eigenvalue weighted by molar-refractivity contribution is 7.92. The fourth-order valence-corrected chi connectivity index (χ4v) is 4.54. The molecule has 1 N–H and O–H groups in total. The lowest BCUT2D eigenvalue weighted by Gasteiger charge is -2.24. The van der Waals surface area contributed by atoms with Gasteiger partial charge in [-0.25, -0.2) is 8.42 Å². The number of rotatable bonds is 6. The average molecular weight is 483 g/mol. The van der Waals surface area contributed by atoms with Crippen molar-refractivity contribution in [2.24, 2.45) is 0 Å². The highest BCUT2D eigenvalue weighted by Crippen LogP contribution is 2.34. The zero-order chi connectivity index (χ0) is 23.5. The Labute approximate surface area is 188 Å². The third-order valence-electron chi connectivity index (χ3n) is 4.50. The van der Waals surface area contributed by atoms with Crippen LogP contribution in [-0.2, 0) is 21.0 Å². The average Bonchev–Trinajstić information content (AvgIpc) is 2.72. The summed E-state index contributed by atoms with van der Waals surface area (Å²) in [6.07, 6.45) is -4.69. The molecule has 0 aliphatic carbocycles. The van der Waals surface area contributed by atoms with E-state index in [0.717, 1.165) is 22.0 Å². The van der Waals surface area contributed by atoms with Crippen molar-refractivity contribution in [2.45, 2.75) is 18.0 Å². The normalized spacial score (nSPS) is 11.8. The van der Waals surface area contributed by atoms with Gasteiger partial charge in [0.2, 0.25) is 5.91 Å². The Hall–Kier alpha value is -3.04. The molecule has 3 rings (SSSR count). The van der Waals surface area contributed by atoms with Crippen LogP contribution in [-0.4, -0.2) is 20.9 Å². The molecule has 0 aliphatic rings. The maximum absolute atomic E-state index is 13.3. The zero-order valence-corrected chi connectivity index (χ0v) is 18.3. The third-order valence-corrected chi connectivity index (χ3v) is 6.52. The molecule has 3 aromatic rings. The van der Waals surface area contributed by atoms with Crippen molar-refractivity contribution in [3.63, 3.8) is 0 Å². The number of carbonyl (C=O) groups is 1. The van der Waals surface area contributed by atoms with Gasteiger partial charge in [0.25, 0.3) is 10.0 Å². The van der Waals surface area contributed by atoms with E-state index in [0.29, 0.717) is 0 Å². The molecule has 32 heavy (non-hydrogen) atoms. The van der Waals surface area contributed by atoms with Crippen LogP contribution in [0.15, 0.2) is 77.7 Å². The minimum Gasteiger partial charge on any atom is -0.324 e. The summed E-state index contributed by atoms with van der Waals surface area (Å²) >= 11 is 6.00. The Balaban J connectivity index is 1.97. The number of nitrogens with one attached hydrogen (secondary N) is 1. The summed E-state index contributed by atoms with van der Waals surface area (Å²) in [5, 5.41) is 2.40. The van der Waals surface area contributed by atoms with Crippen molar-refractivity contribution < 1.29 is 26.4 Å². The monoisotopic (exact) mass is 482 g/mol. The van der Waals surface area contributed by atoms with E-state index in [2.05, 4.69) is 5.32 Å². The summed E-state index contributed by atoms with van der Waals surface area (Å²) in [7, 11) is -4.22. The van der Waals surface area contributed by atoms with Crippen molar-refractivity contribution >= 4 is 38.9 Å². The molecule has 0 radical (unpaired) electrons. The van der Waals surface area contributed by atoms with Gasteiger partial charge in [-0.3, -0.25) is 9.10 Å². The molecule has 0 aromatic heterocycles. The Bertz CT molecular complexity index is 1230. The number of para-hydroxylation sites is 1. The van der Waals surface area contributed by atoms with Crippen LogP contribution in [0.3, 0.4) is 0 Å². The predicted octanol–water partition coefficient (Wildman–Crippen LogP) is 5.50. The Kier molecular flexibility index (Phi) is 6.80. The lowest BCUT2D eigenvalue weighted by atomic mass is 10.1. The van der Waals surface area contributed by atoms with Crippen molar-refractivity contribution in [1.29, 1.82) is 0 Å². The van der Waals surface area contributed by atoms with Gasteiger partial charge < -0.3 is 5.32 Å². The fourth-order valence-electron chi connectivity index (χ4n) is 2.94. The second-order valence-electron chi connectivity index (χ2n) is 6.90. The molecule has 0 fully saturated rings. The molecule has 0 heterocycles. The van der Waals surface area contributed by atoms with Crippen molar-refractivity contribution in [3.8, 4) is 0 Å². The molecule has 5 nitrogen and oxygen atoms in total. The van der Waals surface area contributed by atoms with E-state index in [-0.39, 0.29) is 15.6 Å². The van der Waals surface area contributed by atoms with Crippen LogP contribution in [0, 0.1) is 6.92 Å². The first-order valence-electron chi connectivity index (χ1n) is 9.29. The maximum Gasteiger partial charge on any atom is 0.418 e. The molecule has 3 aromatic carbocycles. The van der Waals surface area contributed by atoms with E-state index < -0.39 is 39.9 Å². The van der Waals surface area contributed by atoms with Crippen LogP contribution in [0.2, 0.25) is 5.02 Å². The lowest BCUT2D eigenvalue weighted by Crippen LogP contribution is -2.38. The van der Waals surface area contributed by atoms with Gasteiger partial charge in [0.1, 0.15) is 6.54 Å². The second-order valence-corrected chi connectivity index (χ2v) is 9.19. The molecule has 1 amide bonds. The van der Waals surface area contributed by atoms with Crippen molar-refractivity contribution in [1.82, 2.24) is 0 Å². The number of anilines is 2. The molecule has 0 unspecified atom stereocenters. The second kappa shape index (κ2) is 9.22. The molecule has 0 saturated heterocycles. The highest BCUT2D eigenvalue weighted by atomic mass is 35.5. The third kappa shape index (κ3) is 5.41. The number of halogens is 4. The summed E-state index contributed by atoms with van der Waals surface area (Å²) in [6.45, 7) is 1.03. The van der Waals surface area contributed by atoms with Crippen molar-refractivity contribution in [2.75, 3.05) is 16.2 Å². The van der Waals surface area contributed by atoms with Gasteiger partial charge in [0, 0.05) is 5.02 Å². The van der Waals surface area contributed by atoms with Crippen LogP contribution in [0.25, 0.3) is 0 Å². The summed E-state index contributed by atoms with van der Waals surface area (Å²) in [5.74, 6) is -0.947. The number of alkyl halides is 3. The number of hydrogen-bond donors (Lipinski definition) is 1. The van der Waals surface area contributed by atoms with E-state index in [4.69, 9.17) is 11.6 Å². The molecule has 0 spiro atoms. The molecule has 0 aliphatic heterocycles. The molecule has 10 heteroatoms. The van der Waals surface area contributed by atoms with E-state index >= 15 is 0 Å². The first-order chi connectivity index (χ1) is 15.0. The lowest BCUT2D eigenvalue weighted by molar-refractivity contribution is -0.137. The Morgan fingerprint density at radius 2 is 1.66 bits per heavy atom. The van der Waals surface area contributed by atoms with E-state index in [1.54, 1.807) is 19.1 Å². The summed E-state index contributed by atoms with van der Waals surface area (Å²) < 4.78 is 67.1. The van der Waals surface area contributed by atoms with Crippen LogP contribution in [0.4, 0.5) is 24.5 Å². The first-order valence-corrected chi connectivity index (χ1v) is 11.1. The van der Waals surface area contributed by atoms with E-state index in [1.807, 2.05) is 0 Å². The highest BCUT2D eigenvalue weighted by Gasteiger charge is 2.34. The summed E-state index contributed by atoms with van der Waals surface area (Å²) in [5.41, 5.74) is -0.579. The standard InChI is InChI=1S/C22H18ClF3N2O3S/c1-15-9-11-18(12-10-15)32(30,31)28(17-6-4-5-16(23)13-17)14-21(29)27-20-8-3-2-7-19(20)22(24,25)26/h2-13H,14H2,1H3,(H,27,29). The maximum atomic E-state index is 13.3. The molecule has 168 valence electrons. The molecular weight excluding hydrogens is 465 g/mol. The number of sulfonamides is 1. The molecule has 0 bridgehead atoms. The number of amides is 1. The van der Waals surface area contributed by atoms with Crippen LogP contribution in [0.1, 0.15) is 11.1 Å². The number of carbonyl (C=O) groups excluding carboxylic acids is 1. The largest absolute Gasteiger partial charge is 0.418 e. The van der Waals surface area contributed by atoms with Gasteiger partial charge in [-0.1, -0.05) is 47.5 Å². The molecule has 0 atom stereocenters. The minimum absolute atomic E-state index is 0.0773. The Morgan fingerprint density at radius 3 is 2.28 bits per heavy atom. The van der Waals surface area contributed by atoms with Gasteiger partial charge in [-0.15, -0.1) is 0 Å². The van der Waals surface area contributed by atoms with E-state index in [1.165, 1.54) is 48.5 Å². The van der Waals surface area contributed by atoms with Gasteiger partial charge in [-0.2, -0.15) is 13.2 Å². The van der Waals surface area contributed by atoms with Crippen LogP contribution < -0.4 is 9.62 Å². The summed E-state index contributed by atoms with van der Waals surface area (Å²) in [4.78, 5) is 12.6. The topological polar surface area (TPSA) is 66.5 Å². The summed E-state index contributed by atoms with van der Waals surface area (Å²) in [6, 6.07) is 16.3. The zero-order valence-electron chi connectivity index (χ0n) is 16.7.